The highest BCUT2D eigenvalue weighted by Gasteiger charge is 2.19. The summed E-state index contributed by atoms with van der Waals surface area (Å²) in [5, 5.41) is 3.67. The van der Waals surface area contributed by atoms with E-state index in [9.17, 15) is 0 Å². The third-order valence-corrected chi connectivity index (χ3v) is 2.78. The summed E-state index contributed by atoms with van der Waals surface area (Å²) >= 11 is 0. The van der Waals surface area contributed by atoms with Gasteiger partial charge < -0.3 is 5.32 Å². The summed E-state index contributed by atoms with van der Waals surface area (Å²) in [5.41, 5.74) is 1.59. The molecule has 0 aliphatic heterocycles. The van der Waals surface area contributed by atoms with E-state index in [4.69, 9.17) is 0 Å². The van der Waals surface area contributed by atoms with Gasteiger partial charge in [0, 0.05) is 11.6 Å². The number of rotatable bonds is 5. The first-order valence-corrected chi connectivity index (χ1v) is 5.88. The van der Waals surface area contributed by atoms with Gasteiger partial charge in [-0.25, -0.2) is 0 Å². The van der Waals surface area contributed by atoms with Crippen molar-refractivity contribution in [3.63, 3.8) is 0 Å². The highest BCUT2D eigenvalue weighted by molar-refractivity contribution is 5.18. The minimum atomic E-state index is 0.226. The minimum Gasteiger partial charge on any atom is -0.305 e. The van der Waals surface area contributed by atoms with E-state index in [-0.39, 0.29) is 5.54 Å². The predicted octanol–water partition coefficient (Wildman–Crippen LogP) is 3.92. The summed E-state index contributed by atoms with van der Waals surface area (Å²) in [6.07, 6.45) is 2.44. The Balaban J connectivity index is 2.59. The van der Waals surface area contributed by atoms with Gasteiger partial charge in [-0.05, 0) is 32.8 Å². The van der Waals surface area contributed by atoms with Crippen LogP contribution in [0.5, 0.6) is 0 Å². The van der Waals surface area contributed by atoms with Gasteiger partial charge in [0.05, 0.1) is 0 Å². The van der Waals surface area contributed by atoms with Crippen molar-refractivity contribution in [3.8, 4) is 0 Å². The lowest BCUT2D eigenvalue weighted by molar-refractivity contribution is 0.323. The summed E-state index contributed by atoms with van der Waals surface area (Å²) in [7, 11) is 0. The van der Waals surface area contributed by atoms with Crippen LogP contribution in [0.2, 0.25) is 0 Å². The van der Waals surface area contributed by atoms with Crippen LogP contribution in [0.25, 0.3) is 0 Å². The molecular weight excluding hydrogens is 182 g/mol. The Morgan fingerprint density at radius 2 is 1.80 bits per heavy atom. The number of hydrogen-bond donors (Lipinski definition) is 1. The molecule has 1 aromatic carbocycles. The Morgan fingerprint density at radius 1 is 1.20 bits per heavy atom. The van der Waals surface area contributed by atoms with E-state index in [2.05, 4.69) is 63.3 Å². The van der Waals surface area contributed by atoms with Crippen LogP contribution >= 0.6 is 0 Å². The topological polar surface area (TPSA) is 12.0 Å². The highest BCUT2D eigenvalue weighted by Crippen LogP contribution is 2.19. The first-order chi connectivity index (χ1) is 7.05. The van der Waals surface area contributed by atoms with E-state index in [1.165, 1.54) is 18.4 Å². The van der Waals surface area contributed by atoms with Gasteiger partial charge >= 0.3 is 0 Å². The fourth-order valence-electron chi connectivity index (χ4n) is 2.11. The van der Waals surface area contributed by atoms with Crippen molar-refractivity contribution in [1.82, 2.24) is 5.32 Å². The first kappa shape index (κ1) is 12.3. The molecule has 1 atom stereocenters. The fraction of sp³-hybridized carbons (Fsp3) is 0.571. The molecule has 0 bridgehead atoms. The molecule has 0 amide bonds. The maximum Gasteiger partial charge on any atom is 0.0296 e. The average molecular weight is 205 g/mol. The average Bonchev–Trinajstić information content (AvgIpc) is 2.18. The van der Waals surface area contributed by atoms with E-state index in [1.807, 2.05) is 0 Å². The molecule has 0 saturated heterocycles. The maximum absolute atomic E-state index is 3.67. The Bertz CT molecular complexity index is 277. The molecule has 0 radical (unpaired) electrons. The van der Waals surface area contributed by atoms with Gasteiger partial charge in [-0.3, -0.25) is 0 Å². The van der Waals surface area contributed by atoms with Crippen molar-refractivity contribution in [2.75, 3.05) is 0 Å². The number of benzene rings is 1. The summed E-state index contributed by atoms with van der Waals surface area (Å²) < 4.78 is 0. The zero-order valence-electron chi connectivity index (χ0n) is 10.4. The van der Waals surface area contributed by atoms with Crippen molar-refractivity contribution < 1.29 is 0 Å². The van der Waals surface area contributed by atoms with Crippen LogP contribution in [-0.4, -0.2) is 5.54 Å². The van der Waals surface area contributed by atoms with Crippen molar-refractivity contribution >= 4 is 0 Å². The molecule has 1 rings (SSSR count). The maximum atomic E-state index is 3.67. The molecule has 0 spiro atoms. The zero-order valence-corrected chi connectivity index (χ0v) is 10.4. The van der Waals surface area contributed by atoms with Gasteiger partial charge in [0.15, 0.2) is 0 Å². The van der Waals surface area contributed by atoms with Gasteiger partial charge in [0.25, 0.3) is 0 Å². The van der Waals surface area contributed by atoms with E-state index in [0.717, 1.165) is 0 Å². The Kier molecular flexibility index (Phi) is 4.34. The molecule has 0 heterocycles. The lowest BCUT2D eigenvalue weighted by Gasteiger charge is -2.30. The van der Waals surface area contributed by atoms with E-state index in [1.54, 1.807) is 0 Å². The lowest BCUT2D eigenvalue weighted by atomic mass is 9.96. The summed E-state index contributed by atoms with van der Waals surface area (Å²) in [6.45, 7) is 9.01. The second-order valence-corrected chi connectivity index (χ2v) is 4.91. The summed E-state index contributed by atoms with van der Waals surface area (Å²) in [5.74, 6) is 0. The molecule has 0 unspecified atom stereocenters. The van der Waals surface area contributed by atoms with Gasteiger partial charge in [0.1, 0.15) is 0 Å². The lowest BCUT2D eigenvalue weighted by Crippen LogP contribution is -2.40. The second-order valence-electron chi connectivity index (χ2n) is 4.91. The van der Waals surface area contributed by atoms with Gasteiger partial charge in [-0.15, -0.1) is 0 Å². The minimum absolute atomic E-state index is 0.226. The second kappa shape index (κ2) is 5.32. The molecule has 0 saturated carbocycles. The van der Waals surface area contributed by atoms with Crippen LogP contribution in [0, 0.1) is 0 Å². The summed E-state index contributed by atoms with van der Waals surface area (Å²) in [6, 6.07) is 11.0. The van der Waals surface area contributed by atoms with Crippen molar-refractivity contribution in [3.05, 3.63) is 35.9 Å². The highest BCUT2D eigenvalue weighted by atomic mass is 15.0. The quantitative estimate of drug-likeness (QED) is 0.768. The van der Waals surface area contributed by atoms with Crippen LogP contribution in [0.4, 0.5) is 0 Å². The van der Waals surface area contributed by atoms with Crippen LogP contribution < -0.4 is 5.32 Å². The monoisotopic (exact) mass is 205 g/mol. The molecule has 1 N–H and O–H groups in total. The van der Waals surface area contributed by atoms with Crippen molar-refractivity contribution in [1.29, 1.82) is 0 Å². The van der Waals surface area contributed by atoms with E-state index >= 15 is 0 Å². The predicted molar refractivity (Wildman–Crippen MR) is 67.0 cm³/mol. The molecule has 0 fully saturated rings. The molecule has 0 aromatic heterocycles. The summed E-state index contributed by atoms with van der Waals surface area (Å²) in [4.78, 5) is 0. The standard InChI is InChI=1S/C14H23N/c1-5-11-14(3,4)15-12(2)13-9-7-6-8-10-13/h6-10,12,15H,5,11H2,1-4H3/t12-/m0/s1. The van der Waals surface area contributed by atoms with Crippen LogP contribution in [0.1, 0.15) is 52.1 Å². The Morgan fingerprint density at radius 3 is 2.33 bits per heavy atom. The van der Waals surface area contributed by atoms with Crippen molar-refractivity contribution in [2.24, 2.45) is 0 Å². The largest absolute Gasteiger partial charge is 0.305 e. The normalized spacial score (nSPS) is 13.9. The molecule has 15 heavy (non-hydrogen) atoms. The molecule has 84 valence electrons. The van der Waals surface area contributed by atoms with Crippen LogP contribution in [0.15, 0.2) is 30.3 Å². The number of nitrogens with one attached hydrogen (secondary N) is 1. The fourth-order valence-corrected chi connectivity index (χ4v) is 2.11. The van der Waals surface area contributed by atoms with E-state index in [0.29, 0.717) is 6.04 Å². The smallest absolute Gasteiger partial charge is 0.0296 e. The molecule has 1 heteroatoms. The van der Waals surface area contributed by atoms with Gasteiger partial charge in [-0.2, -0.15) is 0 Å². The SMILES string of the molecule is CCCC(C)(C)N[C@@H](C)c1ccccc1. The molecule has 1 nitrogen and oxygen atoms in total. The Hall–Kier alpha value is -0.820. The number of hydrogen-bond acceptors (Lipinski definition) is 1. The molecule has 0 aliphatic carbocycles. The third kappa shape index (κ3) is 4.05. The first-order valence-electron chi connectivity index (χ1n) is 5.88. The zero-order chi connectivity index (χ0) is 11.3. The van der Waals surface area contributed by atoms with Gasteiger partial charge in [0.2, 0.25) is 0 Å². The molecule has 1 aromatic rings. The third-order valence-electron chi connectivity index (χ3n) is 2.78. The van der Waals surface area contributed by atoms with Crippen molar-refractivity contribution in [2.45, 2.75) is 52.1 Å². The molecule has 0 aliphatic rings. The van der Waals surface area contributed by atoms with Crippen LogP contribution in [-0.2, 0) is 0 Å². The van der Waals surface area contributed by atoms with E-state index < -0.39 is 0 Å². The van der Waals surface area contributed by atoms with Gasteiger partial charge in [-0.1, -0.05) is 43.7 Å². The molecular formula is C14H23N. The van der Waals surface area contributed by atoms with Crippen LogP contribution in [0.3, 0.4) is 0 Å². The Labute approximate surface area is 93.9 Å².